The van der Waals surface area contributed by atoms with Crippen molar-refractivity contribution in [3.63, 3.8) is 0 Å². The highest BCUT2D eigenvalue weighted by atomic mass is 32.1. The molecule has 0 atom stereocenters. The van der Waals surface area contributed by atoms with Gasteiger partial charge in [0.05, 0.1) is 4.88 Å². The van der Waals surface area contributed by atoms with Gasteiger partial charge in [-0.3, -0.25) is 15.0 Å². The highest BCUT2D eigenvalue weighted by Crippen LogP contribution is 2.19. The van der Waals surface area contributed by atoms with E-state index in [1.165, 1.54) is 11.3 Å². The van der Waals surface area contributed by atoms with Crippen LogP contribution in [0.25, 0.3) is 0 Å². The number of thiophene rings is 1. The molecular formula is C13H13N3O3S. The maximum Gasteiger partial charge on any atom is 0.275 e. The fraction of sp³-hybridized carbons (Fsp3) is 0.0769. The first-order chi connectivity index (χ1) is 9.61. The predicted molar refractivity (Wildman–Crippen MR) is 75.3 cm³/mol. The van der Waals surface area contributed by atoms with E-state index < -0.39 is 5.91 Å². The molecule has 0 unspecified atom stereocenters. The number of hydrazine groups is 1. The molecule has 2 aromatic rings. The van der Waals surface area contributed by atoms with Crippen LogP contribution >= 0.6 is 11.3 Å². The van der Waals surface area contributed by atoms with E-state index in [0.717, 1.165) is 5.56 Å². The van der Waals surface area contributed by atoms with E-state index in [4.69, 9.17) is 16.3 Å². The van der Waals surface area contributed by atoms with E-state index in [1.54, 1.807) is 35.7 Å². The van der Waals surface area contributed by atoms with Gasteiger partial charge in [-0.15, -0.1) is 11.3 Å². The summed E-state index contributed by atoms with van der Waals surface area (Å²) in [5, 5.41) is 1.79. The van der Waals surface area contributed by atoms with E-state index in [0.29, 0.717) is 16.2 Å². The molecule has 0 aliphatic rings. The van der Waals surface area contributed by atoms with Crippen LogP contribution in [0, 0.1) is 0 Å². The van der Waals surface area contributed by atoms with Gasteiger partial charge in [0.2, 0.25) is 5.91 Å². The Kier molecular flexibility index (Phi) is 4.34. The summed E-state index contributed by atoms with van der Waals surface area (Å²) < 4.78 is 5.55. The van der Waals surface area contributed by atoms with Gasteiger partial charge in [0.25, 0.3) is 5.91 Å². The molecule has 1 aromatic heterocycles. The fourth-order valence-corrected chi connectivity index (χ4v) is 2.40. The third-order valence-electron chi connectivity index (χ3n) is 2.62. The summed E-state index contributed by atoms with van der Waals surface area (Å²) in [6, 6.07) is 8.26. The molecule has 20 heavy (non-hydrogen) atoms. The maximum absolute atomic E-state index is 11.5. The van der Waals surface area contributed by atoms with Crippen LogP contribution in [0.2, 0.25) is 0 Å². The Hall–Kier alpha value is -2.38. The molecule has 0 spiro atoms. The molecule has 5 N–H and O–H groups in total. The first-order valence-corrected chi connectivity index (χ1v) is 6.59. The smallest absolute Gasteiger partial charge is 0.275 e. The summed E-state index contributed by atoms with van der Waals surface area (Å²) in [7, 11) is 0. The minimum Gasteiger partial charge on any atom is -0.489 e. The lowest BCUT2D eigenvalue weighted by atomic mass is 10.2. The normalized spacial score (nSPS) is 10.1. The van der Waals surface area contributed by atoms with Gasteiger partial charge in [0, 0.05) is 11.1 Å². The Labute approximate surface area is 119 Å². The zero-order chi connectivity index (χ0) is 14.5. The second-order valence-electron chi connectivity index (χ2n) is 3.93. The van der Waals surface area contributed by atoms with Gasteiger partial charge in [-0.1, -0.05) is 0 Å². The molecule has 104 valence electrons. The lowest BCUT2D eigenvalue weighted by molar-refractivity contribution is 0.0954. The first-order valence-electron chi connectivity index (χ1n) is 5.72. The molecule has 0 fully saturated rings. The Balaban J connectivity index is 2.04. The zero-order valence-corrected chi connectivity index (χ0v) is 11.3. The van der Waals surface area contributed by atoms with Gasteiger partial charge in [0.15, 0.2) is 0 Å². The number of ether oxygens (including phenoxy) is 1. The summed E-state index contributed by atoms with van der Waals surface area (Å²) in [5.41, 5.74) is 8.40. The standard InChI is InChI=1S/C13H13N3O3S/c14-12(17)8-1-3-10(4-2-8)19-7-9-5-6-20-11(9)13(18)16-15/h1-6H,7,15H2,(H2,14,17)(H,16,18). The van der Waals surface area contributed by atoms with Crippen molar-refractivity contribution >= 4 is 23.2 Å². The molecule has 2 rings (SSSR count). The molecule has 7 heteroatoms. The molecule has 0 aliphatic carbocycles. The van der Waals surface area contributed by atoms with E-state index in [1.807, 2.05) is 0 Å². The second kappa shape index (κ2) is 6.18. The number of carbonyl (C=O) groups excluding carboxylic acids is 2. The second-order valence-corrected chi connectivity index (χ2v) is 4.84. The number of nitrogens with two attached hydrogens (primary N) is 2. The SMILES string of the molecule is NNC(=O)c1sccc1COc1ccc(C(N)=O)cc1. The number of nitrogens with one attached hydrogen (secondary N) is 1. The van der Waals surface area contributed by atoms with E-state index in [-0.39, 0.29) is 12.5 Å². The highest BCUT2D eigenvalue weighted by Gasteiger charge is 2.12. The minimum atomic E-state index is -0.490. The zero-order valence-electron chi connectivity index (χ0n) is 10.5. The summed E-state index contributed by atoms with van der Waals surface area (Å²) in [4.78, 5) is 22.9. The average Bonchev–Trinajstić information content (AvgIpc) is 2.93. The van der Waals surface area contributed by atoms with Crippen LogP contribution in [-0.2, 0) is 6.61 Å². The van der Waals surface area contributed by atoms with E-state index >= 15 is 0 Å². The van der Waals surface area contributed by atoms with Crippen molar-refractivity contribution in [3.8, 4) is 5.75 Å². The lowest BCUT2D eigenvalue weighted by Gasteiger charge is -2.07. The van der Waals surface area contributed by atoms with Crippen LogP contribution in [0.1, 0.15) is 25.6 Å². The van der Waals surface area contributed by atoms with E-state index in [9.17, 15) is 9.59 Å². The number of rotatable bonds is 5. The van der Waals surface area contributed by atoms with Crippen LogP contribution in [0.15, 0.2) is 35.7 Å². The van der Waals surface area contributed by atoms with Crippen molar-refractivity contribution in [1.29, 1.82) is 0 Å². The van der Waals surface area contributed by atoms with Crippen LogP contribution < -0.4 is 21.7 Å². The van der Waals surface area contributed by atoms with Gasteiger partial charge in [-0.25, -0.2) is 5.84 Å². The molecule has 0 bridgehead atoms. The Morgan fingerprint density at radius 2 is 1.90 bits per heavy atom. The third kappa shape index (κ3) is 3.14. The number of primary amides is 1. The molecule has 1 heterocycles. The van der Waals surface area contributed by atoms with Gasteiger partial charge in [-0.05, 0) is 35.7 Å². The van der Waals surface area contributed by atoms with Crippen LogP contribution in [0.4, 0.5) is 0 Å². The van der Waals surface area contributed by atoms with Crippen molar-refractivity contribution in [3.05, 3.63) is 51.7 Å². The fourth-order valence-electron chi connectivity index (χ4n) is 1.59. The van der Waals surface area contributed by atoms with Crippen LogP contribution in [0.5, 0.6) is 5.75 Å². The first kappa shape index (κ1) is 14.0. The van der Waals surface area contributed by atoms with Crippen molar-refractivity contribution in [2.75, 3.05) is 0 Å². The third-order valence-corrected chi connectivity index (χ3v) is 3.57. The Bertz CT molecular complexity index is 622. The molecule has 6 nitrogen and oxygen atoms in total. The number of hydrogen-bond donors (Lipinski definition) is 3. The molecule has 0 saturated heterocycles. The number of benzene rings is 1. The molecule has 0 saturated carbocycles. The highest BCUT2D eigenvalue weighted by molar-refractivity contribution is 7.12. The average molecular weight is 291 g/mol. The quantitative estimate of drug-likeness (QED) is 0.434. The Morgan fingerprint density at radius 3 is 2.50 bits per heavy atom. The maximum atomic E-state index is 11.5. The van der Waals surface area contributed by atoms with E-state index in [2.05, 4.69) is 5.43 Å². The number of hydrogen-bond acceptors (Lipinski definition) is 5. The predicted octanol–water partition coefficient (Wildman–Crippen LogP) is 1.03. The monoisotopic (exact) mass is 291 g/mol. The Morgan fingerprint density at radius 1 is 1.20 bits per heavy atom. The largest absolute Gasteiger partial charge is 0.489 e. The van der Waals surface area contributed by atoms with Crippen molar-refractivity contribution in [2.24, 2.45) is 11.6 Å². The molecular weight excluding hydrogens is 278 g/mol. The summed E-state index contributed by atoms with van der Waals surface area (Å²) in [5.74, 6) is 4.86. The topological polar surface area (TPSA) is 107 Å². The van der Waals surface area contributed by atoms with Crippen LogP contribution in [-0.4, -0.2) is 11.8 Å². The summed E-state index contributed by atoms with van der Waals surface area (Å²) in [6.07, 6.45) is 0. The van der Waals surface area contributed by atoms with Gasteiger partial charge >= 0.3 is 0 Å². The number of amides is 2. The number of carbonyl (C=O) groups is 2. The van der Waals surface area contributed by atoms with Crippen LogP contribution in [0.3, 0.4) is 0 Å². The minimum absolute atomic E-state index is 0.238. The van der Waals surface area contributed by atoms with Gasteiger partial charge in [-0.2, -0.15) is 0 Å². The lowest BCUT2D eigenvalue weighted by Crippen LogP contribution is -2.30. The molecule has 0 aliphatic heterocycles. The van der Waals surface area contributed by atoms with Gasteiger partial charge < -0.3 is 10.5 Å². The van der Waals surface area contributed by atoms with Gasteiger partial charge in [0.1, 0.15) is 12.4 Å². The molecule has 1 aromatic carbocycles. The molecule has 0 radical (unpaired) electrons. The molecule has 2 amide bonds. The summed E-state index contributed by atoms with van der Waals surface area (Å²) >= 11 is 1.29. The van der Waals surface area contributed by atoms with Crippen molar-refractivity contribution in [1.82, 2.24) is 5.43 Å². The van der Waals surface area contributed by atoms with Crippen molar-refractivity contribution in [2.45, 2.75) is 6.61 Å². The number of nitrogen functional groups attached to an aromatic ring is 1. The summed E-state index contributed by atoms with van der Waals surface area (Å²) in [6.45, 7) is 0.238. The van der Waals surface area contributed by atoms with Crippen molar-refractivity contribution < 1.29 is 14.3 Å².